The molecule has 5 nitrogen and oxygen atoms in total. The maximum Gasteiger partial charge on any atom is 0.315 e. The Morgan fingerprint density at radius 1 is 0.933 bits per heavy atom. The fraction of sp³-hybridized carbons (Fsp3) is 0.619. The molecule has 1 unspecified atom stereocenters. The van der Waals surface area contributed by atoms with E-state index >= 15 is 0 Å². The average Bonchev–Trinajstić information content (AvgIpc) is 2.57. The summed E-state index contributed by atoms with van der Waals surface area (Å²) < 4.78 is 19.6. The first-order valence-electron chi connectivity index (χ1n) is 11.1. The molecule has 0 aliphatic carbocycles. The van der Waals surface area contributed by atoms with Crippen LogP contribution in [0.2, 0.25) is 58.4 Å². The third-order valence-electron chi connectivity index (χ3n) is 4.27. The Hall–Kier alpha value is -0.532. The van der Waals surface area contributed by atoms with Gasteiger partial charge in [-0.05, 0) is 89.1 Å². The van der Waals surface area contributed by atoms with Crippen molar-refractivity contribution in [3.63, 3.8) is 0 Å². The van der Waals surface area contributed by atoms with Gasteiger partial charge in [-0.2, -0.15) is 0 Å². The first-order valence-corrected chi connectivity index (χ1v) is 22.6. The van der Waals surface area contributed by atoms with Crippen molar-refractivity contribution in [3.05, 3.63) is 36.4 Å². The van der Waals surface area contributed by atoms with Gasteiger partial charge in [0.2, 0.25) is 0 Å². The van der Waals surface area contributed by atoms with Crippen LogP contribution in [0.15, 0.2) is 30.8 Å². The molecule has 0 heterocycles. The molecule has 0 fully saturated rings. The summed E-state index contributed by atoms with van der Waals surface area (Å²) >= 11 is 0. The van der Waals surface area contributed by atoms with Gasteiger partial charge in [0, 0.05) is 18.8 Å². The summed E-state index contributed by atoms with van der Waals surface area (Å²) in [5.74, 6) is 0. The number of nitrogens with one attached hydrogen (secondary N) is 2. The van der Waals surface area contributed by atoms with Crippen LogP contribution in [0.1, 0.15) is 12.0 Å². The van der Waals surface area contributed by atoms with E-state index in [1.54, 1.807) is 0 Å². The van der Waals surface area contributed by atoms with Crippen LogP contribution in [0.3, 0.4) is 0 Å². The van der Waals surface area contributed by atoms with Gasteiger partial charge < -0.3 is 23.0 Å². The topological polar surface area (TPSA) is 51.8 Å². The fourth-order valence-electron chi connectivity index (χ4n) is 3.57. The Labute approximate surface area is 190 Å². The molecule has 0 aliphatic heterocycles. The molecular formula is C21H44N2O3Si4. The second-order valence-electron chi connectivity index (χ2n) is 9.62. The second-order valence-corrected chi connectivity index (χ2v) is 24.1. The highest BCUT2D eigenvalue weighted by atomic mass is 28.5. The van der Waals surface area contributed by atoms with Gasteiger partial charge in [0.1, 0.15) is 0 Å². The highest BCUT2D eigenvalue weighted by Crippen LogP contribution is 2.26. The zero-order valence-corrected chi connectivity index (χ0v) is 24.6. The maximum absolute atomic E-state index is 6.67. The van der Waals surface area contributed by atoms with Crippen molar-refractivity contribution >= 4 is 46.2 Å². The first kappa shape index (κ1) is 27.5. The van der Waals surface area contributed by atoms with Gasteiger partial charge in [0.25, 0.3) is 0 Å². The number of benzene rings is 1. The molecule has 9 heteroatoms. The Balaban J connectivity index is 2.42. The molecule has 1 rings (SSSR count). The molecular weight excluding hydrogens is 441 g/mol. The lowest BCUT2D eigenvalue weighted by molar-refractivity contribution is 0.326. The lowest BCUT2D eigenvalue weighted by Gasteiger charge is -2.40. The van der Waals surface area contributed by atoms with Crippen molar-refractivity contribution in [3.8, 4) is 0 Å². The molecule has 1 atom stereocenters. The van der Waals surface area contributed by atoms with Crippen molar-refractivity contribution in [2.45, 2.75) is 64.8 Å². The van der Waals surface area contributed by atoms with Crippen LogP contribution >= 0.6 is 0 Å². The minimum atomic E-state index is -2.26. The van der Waals surface area contributed by atoms with Crippen LogP contribution in [-0.4, -0.2) is 54.1 Å². The number of rotatable bonds is 15. The third kappa shape index (κ3) is 12.4. The van der Waals surface area contributed by atoms with Crippen molar-refractivity contribution < 1.29 is 12.3 Å². The van der Waals surface area contributed by atoms with Gasteiger partial charge >= 0.3 is 17.1 Å². The summed E-state index contributed by atoms with van der Waals surface area (Å²) in [7, 11) is -7.21. The summed E-state index contributed by atoms with van der Waals surface area (Å²) in [6, 6.07) is 9.33. The Bertz CT molecular complexity index is 636. The quantitative estimate of drug-likeness (QED) is 0.259. The van der Waals surface area contributed by atoms with Gasteiger partial charge in [0.15, 0.2) is 17.4 Å². The van der Waals surface area contributed by atoms with Crippen molar-refractivity contribution in [1.29, 1.82) is 0 Å². The van der Waals surface area contributed by atoms with E-state index in [9.17, 15) is 0 Å². The summed E-state index contributed by atoms with van der Waals surface area (Å²) in [6.45, 7) is 24.3. The van der Waals surface area contributed by atoms with E-state index in [0.717, 1.165) is 43.4 Å². The van der Waals surface area contributed by atoms with Gasteiger partial charge in [-0.25, -0.2) is 0 Å². The van der Waals surface area contributed by atoms with Crippen molar-refractivity contribution in [2.24, 2.45) is 0 Å². The molecule has 1 aromatic carbocycles. The highest BCUT2D eigenvalue weighted by molar-refractivity contribution is 6.87. The van der Waals surface area contributed by atoms with Crippen LogP contribution in [0, 0.1) is 0 Å². The van der Waals surface area contributed by atoms with Crippen LogP contribution in [0.25, 0.3) is 6.08 Å². The standard InChI is InChI=1S/C21H44N2O3Si4/c1-10-20-12-14-21(15-13-20)23-18-17-22-16-11-19-30(9,25-28(4,5)6)26-29(7,8)24-27(2)3/h10,12-15,22-23,27H,1,11,16-19H2,2-9H3. The molecule has 0 spiro atoms. The molecule has 0 bridgehead atoms. The zero-order valence-electron chi connectivity index (χ0n) is 20.4. The van der Waals surface area contributed by atoms with E-state index < -0.39 is 34.5 Å². The lowest BCUT2D eigenvalue weighted by atomic mass is 10.2. The Kier molecular flexibility index (Phi) is 11.5. The van der Waals surface area contributed by atoms with Crippen molar-refractivity contribution in [2.75, 3.05) is 25.0 Å². The predicted octanol–water partition coefficient (Wildman–Crippen LogP) is 5.36. The third-order valence-corrected chi connectivity index (χ3v) is 17.6. The van der Waals surface area contributed by atoms with E-state index in [1.807, 2.05) is 6.08 Å². The zero-order chi connectivity index (χ0) is 22.8. The molecule has 0 amide bonds. The van der Waals surface area contributed by atoms with Gasteiger partial charge in [-0.3, -0.25) is 0 Å². The molecule has 172 valence electrons. The summed E-state index contributed by atoms with van der Waals surface area (Å²) in [6.07, 6.45) is 2.92. The molecule has 0 aliphatic rings. The normalized spacial score (nSPS) is 14.6. The van der Waals surface area contributed by atoms with Gasteiger partial charge in [-0.1, -0.05) is 24.8 Å². The number of hydrogen-bond donors (Lipinski definition) is 2. The molecule has 0 saturated heterocycles. The highest BCUT2D eigenvalue weighted by Gasteiger charge is 2.42. The fourth-order valence-corrected chi connectivity index (χ4v) is 20.3. The summed E-state index contributed by atoms with van der Waals surface area (Å²) in [5, 5.41) is 6.98. The summed E-state index contributed by atoms with van der Waals surface area (Å²) in [4.78, 5) is 0. The van der Waals surface area contributed by atoms with Crippen LogP contribution < -0.4 is 10.6 Å². The van der Waals surface area contributed by atoms with Crippen LogP contribution in [0.5, 0.6) is 0 Å². The molecule has 1 aromatic rings. The molecule has 2 N–H and O–H groups in total. The van der Waals surface area contributed by atoms with E-state index in [0.29, 0.717) is 0 Å². The molecule has 30 heavy (non-hydrogen) atoms. The Morgan fingerprint density at radius 3 is 2.10 bits per heavy atom. The average molecular weight is 485 g/mol. The SMILES string of the molecule is C=Cc1ccc(NCCNCCC[Si](C)(O[Si](C)(C)C)O[Si](C)(C)O[SiH](C)C)cc1. The van der Waals surface area contributed by atoms with E-state index in [4.69, 9.17) is 12.3 Å². The maximum atomic E-state index is 6.67. The summed E-state index contributed by atoms with van der Waals surface area (Å²) in [5.41, 5.74) is 2.28. The number of hydrogen-bond acceptors (Lipinski definition) is 5. The second kappa shape index (κ2) is 12.5. The first-order chi connectivity index (χ1) is 13.8. The smallest absolute Gasteiger partial charge is 0.315 e. The van der Waals surface area contributed by atoms with Gasteiger partial charge in [0.05, 0.1) is 0 Å². The minimum absolute atomic E-state index is 0.900. The lowest BCUT2D eigenvalue weighted by Crippen LogP contribution is -2.55. The largest absolute Gasteiger partial charge is 0.440 e. The molecule has 0 saturated carbocycles. The van der Waals surface area contributed by atoms with Crippen LogP contribution in [-0.2, 0) is 12.3 Å². The van der Waals surface area contributed by atoms with E-state index in [2.05, 4.69) is 93.9 Å². The monoisotopic (exact) mass is 484 g/mol. The van der Waals surface area contributed by atoms with Crippen molar-refractivity contribution in [1.82, 2.24) is 5.32 Å². The van der Waals surface area contributed by atoms with Gasteiger partial charge in [-0.15, -0.1) is 0 Å². The minimum Gasteiger partial charge on any atom is -0.440 e. The van der Waals surface area contributed by atoms with E-state index in [1.165, 1.54) is 0 Å². The predicted molar refractivity (Wildman–Crippen MR) is 142 cm³/mol. The van der Waals surface area contributed by atoms with Crippen LogP contribution in [0.4, 0.5) is 5.69 Å². The molecule has 0 aromatic heterocycles. The molecule has 0 radical (unpaired) electrons. The van der Waals surface area contributed by atoms with E-state index in [-0.39, 0.29) is 0 Å². The number of anilines is 1. The Morgan fingerprint density at radius 2 is 1.57 bits per heavy atom.